The highest BCUT2D eigenvalue weighted by Crippen LogP contribution is 2.41. The minimum absolute atomic E-state index is 0.0987. The molecular formula is C12H20N2O2S2. The number of hydrogen-bond donors (Lipinski definition) is 1. The first kappa shape index (κ1) is 14.1. The van der Waals surface area contributed by atoms with Crippen molar-refractivity contribution in [2.45, 2.75) is 49.8 Å². The van der Waals surface area contributed by atoms with E-state index in [1.165, 1.54) is 6.42 Å². The molecule has 0 bridgehead atoms. The third kappa shape index (κ3) is 2.79. The zero-order chi connectivity index (χ0) is 13.0. The summed E-state index contributed by atoms with van der Waals surface area (Å²) in [4.78, 5) is 12.2. The van der Waals surface area contributed by atoms with Gasteiger partial charge in [0.15, 0.2) is 4.38 Å². The average molecular weight is 288 g/mol. The zero-order valence-electron chi connectivity index (χ0n) is 10.9. The molecule has 1 saturated carbocycles. The number of hydrazone groups is 1. The van der Waals surface area contributed by atoms with E-state index < -0.39 is 0 Å². The highest BCUT2D eigenvalue weighted by Gasteiger charge is 2.48. The summed E-state index contributed by atoms with van der Waals surface area (Å²) in [6, 6.07) is 0. The molecule has 0 aromatic carbocycles. The van der Waals surface area contributed by atoms with E-state index in [0.717, 1.165) is 30.1 Å². The van der Waals surface area contributed by atoms with Crippen LogP contribution < -0.4 is 5.43 Å². The largest absolute Gasteiger partial charge is 0.465 e. The van der Waals surface area contributed by atoms with Crippen LogP contribution in [0.5, 0.6) is 0 Å². The van der Waals surface area contributed by atoms with Gasteiger partial charge in [-0.05, 0) is 26.0 Å². The van der Waals surface area contributed by atoms with E-state index in [9.17, 15) is 4.79 Å². The van der Waals surface area contributed by atoms with E-state index in [2.05, 4.69) is 10.5 Å². The molecule has 1 atom stereocenters. The maximum Gasteiger partial charge on any atom is 0.321 e. The van der Waals surface area contributed by atoms with Crippen LogP contribution >= 0.6 is 23.5 Å². The fourth-order valence-electron chi connectivity index (χ4n) is 2.60. The fourth-order valence-corrected chi connectivity index (χ4v) is 4.39. The van der Waals surface area contributed by atoms with E-state index in [0.29, 0.717) is 6.61 Å². The number of ether oxygens (including phenoxy) is 1. The summed E-state index contributed by atoms with van der Waals surface area (Å²) in [5.41, 5.74) is 3.08. The fraction of sp³-hybridized carbons (Fsp3) is 0.833. The quantitative estimate of drug-likeness (QED) is 0.792. The minimum Gasteiger partial charge on any atom is -0.465 e. The number of carbonyl (C=O) groups excluding carboxylic acids is 1. The molecule has 102 valence electrons. The monoisotopic (exact) mass is 288 g/mol. The molecule has 1 N–H and O–H groups in total. The van der Waals surface area contributed by atoms with Crippen LogP contribution in [0, 0.1) is 0 Å². The van der Waals surface area contributed by atoms with E-state index >= 15 is 0 Å². The van der Waals surface area contributed by atoms with Gasteiger partial charge < -0.3 is 10.2 Å². The Balaban J connectivity index is 2.19. The van der Waals surface area contributed by atoms with Crippen molar-refractivity contribution >= 4 is 33.9 Å². The number of rotatable bonds is 2. The van der Waals surface area contributed by atoms with Gasteiger partial charge in [0.1, 0.15) is 5.25 Å². The van der Waals surface area contributed by atoms with Crippen LogP contribution in [0.15, 0.2) is 5.10 Å². The van der Waals surface area contributed by atoms with Crippen LogP contribution in [0.25, 0.3) is 0 Å². The van der Waals surface area contributed by atoms with E-state index in [1.807, 2.05) is 13.2 Å². The summed E-state index contributed by atoms with van der Waals surface area (Å²) in [6.07, 6.45) is 7.57. The summed E-state index contributed by atoms with van der Waals surface area (Å²) in [5, 5.41) is 4.25. The van der Waals surface area contributed by atoms with Gasteiger partial charge in [-0.2, -0.15) is 5.10 Å². The normalized spacial score (nSPS) is 26.3. The molecular weight excluding hydrogens is 268 g/mol. The Labute approximate surface area is 117 Å². The number of carbonyl (C=O) groups is 1. The second-order valence-electron chi connectivity index (χ2n) is 4.66. The van der Waals surface area contributed by atoms with E-state index in [1.54, 1.807) is 23.5 Å². The predicted octanol–water partition coefficient (Wildman–Crippen LogP) is 2.59. The van der Waals surface area contributed by atoms with Crippen molar-refractivity contribution in [3.8, 4) is 0 Å². The lowest BCUT2D eigenvalue weighted by molar-refractivity contribution is -0.144. The topological polar surface area (TPSA) is 50.7 Å². The maximum atomic E-state index is 12.2. The van der Waals surface area contributed by atoms with Crippen LogP contribution in [0.1, 0.15) is 39.0 Å². The van der Waals surface area contributed by atoms with Crippen LogP contribution in [-0.4, -0.2) is 34.0 Å². The van der Waals surface area contributed by atoms with Crippen molar-refractivity contribution in [1.29, 1.82) is 0 Å². The van der Waals surface area contributed by atoms with Crippen molar-refractivity contribution < 1.29 is 9.53 Å². The first-order valence-corrected chi connectivity index (χ1v) is 8.54. The van der Waals surface area contributed by atoms with Crippen molar-refractivity contribution in [3.05, 3.63) is 0 Å². The summed E-state index contributed by atoms with van der Waals surface area (Å²) in [5.74, 6) is -0.0987. The molecule has 1 spiro atoms. The Morgan fingerprint density at radius 3 is 2.89 bits per heavy atom. The average Bonchev–Trinajstić information content (AvgIpc) is 2.40. The lowest BCUT2D eigenvalue weighted by Gasteiger charge is -2.43. The number of thioether (sulfide) groups is 2. The molecule has 2 aliphatic rings. The third-order valence-electron chi connectivity index (χ3n) is 3.51. The number of esters is 1. The molecule has 6 heteroatoms. The standard InChI is InChI=1S/C12H20N2O2S2/c1-3-16-10(15)9-12(7-5-4-6-8-12)14-13-11(17-2)18-9/h9,14H,3-8H2,1-2H3. The molecule has 0 radical (unpaired) electrons. The lowest BCUT2D eigenvalue weighted by Crippen LogP contribution is -2.58. The number of nitrogens with one attached hydrogen (secondary N) is 1. The Morgan fingerprint density at radius 1 is 1.56 bits per heavy atom. The molecule has 1 unspecified atom stereocenters. The van der Waals surface area contributed by atoms with Crippen LogP contribution in [0.2, 0.25) is 0 Å². The molecule has 1 fully saturated rings. The Morgan fingerprint density at radius 2 is 2.28 bits per heavy atom. The van der Waals surface area contributed by atoms with Crippen LogP contribution in [0.3, 0.4) is 0 Å². The Hall–Kier alpha value is -0.360. The molecule has 1 aliphatic heterocycles. The first-order valence-electron chi connectivity index (χ1n) is 6.44. The van der Waals surface area contributed by atoms with E-state index in [-0.39, 0.29) is 16.8 Å². The first-order chi connectivity index (χ1) is 8.72. The highest BCUT2D eigenvalue weighted by molar-refractivity contribution is 8.39. The molecule has 0 amide bonds. The minimum atomic E-state index is -0.186. The molecule has 0 aromatic heterocycles. The van der Waals surface area contributed by atoms with Gasteiger partial charge in [0, 0.05) is 0 Å². The third-order valence-corrected chi connectivity index (χ3v) is 5.91. The predicted molar refractivity (Wildman–Crippen MR) is 77.9 cm³/mol. The summed E-state index contributed by atoms with van der Waals surface area (Å²) >= 11 is 3.14. The highest BCUT2D eigenvalue weighted by atomic mass is 32.2. The van der Waals surface area contributed by atoms with E-state index in [4.69, 9.17) is 4.74 Å². The second-order valence-corrected chi connectivity index (χ2v) is 6.81. The van der Waals surface area contributed by atoms with Crippen molar-refractivity contribution in [1.82, 2.24) is 5.43 Å². The van der Waals surface area contributed by atoms with Crippen LogP contribution in [-0.2, 0) is 9.53 Å². The van der Waals surface area contributed by atoms with Crippen LogP contribution in [0.4, 0.5) is 0 Å². The molecule has 4 nitrogen and oxygen atoms in total. The molecule has 0 aromatic rings. The molecule has 18 heavy (non-hydrogen) atoms. The van der Waals surface area contributed by atoms with Gasteiger partial charge in [0.25, 0.3) is 0 Å². The molecule has 2 rings (SSSR count). The van der Waals surface area contributed by atoms with Gasteiger partial charge >= 0.3 is 5.97 Å². The van der Waals surface area contributed by atoms with Crippen molar-refractivity contribution in [3.63, 3.8) is 0 Å². The van der Waals surface area contributed by atoms with Gasteiger partial charge in [-0.3, -0.25) is 4.79 Å². The lowest BCUT2D eigenvalue weighted by atomic mass is 9.79. The zero-order valence-corrected chi connectivity index (χ0v) is 12.5. The smallest absolute Gasteiger partial charge is 0.321 e. The summed E-state index contributed by atoms with van der Waals surface area (Å²) < 4.78 is 6.16. The Kier molecular flexibility index (Phi) is 4.84. The summed E-state index contributed by atoms with van der Waals surface area (Å²) in [7, 11) is 0. The van der Waals surface area contributed by atoms with Gasteiger partial charge in [-0.25, -0.2) is 0 Å². The molecule has 1 heterocycles. The van der Waals surface area contributed by atoms with Crippen molar-refractivity contribution in [2.24, 2.45) is 5.10 Å². The molecule has 0 saturated heterocycles. The second kappa shape index (κ2) is 6.19. The van der Waals surface area contributed by atoms with Gasteiger partial charge in [-0.15, -0.1) is 11.8 Å². The SMILES string of the molecule is CCOC(=O)C1SC(SC)=NNC12CCCCC2. The van der Waals surface area contributed by atoms with Crippen molar-refractivity contribution in [2.75, 3.05) is 12.9 Å². The Bertz CT molecular complexity index is 341. The maximum absolute atomic E-state index is 12.2. The number of hydrogen-bond acceptors (Lipinski definition) is 6. The summed E-state index contributed by atoms with van der Waals surface area (Å²) in [6.45, 7) is 2.30. The van der Waals surface area contributed by atoms with Gasteiger partial charge in [0.2, 0.25) is 0 Å². The number of nitrogens with zero attached hydrogens (tertiary/aromatic N) is 1. The van der Waals surface area contributed by atoms with Gasteiger partial charge in [-0.1, -0.05) is 31.0 Å². The molecule has 1 aliphatic carbocycles. The van der Waals surface area contributed by atoms with Gasteiger partial charge in [0.05, 0.1) is 12.1 Å².